The van der Waals surface area contributed by atoms with Crippen LogP contribution in [-0.4, -0.2) is 62.4 Å². The first-order valence-corrected chi connectivity index (χ1v) is 2.53. The molecule has 0 atom stereocenters. The zero-order valence-electron chi connectivity index (χ0n) is 8.63. The molecular weight excluding hydrogens is 290 g/mol. The van der Waals surface area contributed by atoms with E-state index in [9.17, 15) is 0 Å². The second-order valence-electron chi connectivity index (χ2n) is 1.06. The minimum Gasteiger partial charge on any atom is -0.565 e. The molecule has 0 heterocycles. The van der Waals surface area contributed by atoms with Crippen LogP contribution in [0.25, 0.3) is 0 Å². The molecule has 0 unspecified atom stereocenters. The number of carboxylic acid groups (broad SMARTS) is 8. The van der Waals surface area contributed by atoms with Gasteiger partial charge in [-0.2, -0.15) is 0 Å². The Kier molecular flexibility index (Phi) is 59.1. The first-order chi connectivity index (χ1) is 6.93. The fourth-order valence-corrected chi connectivity index (χ4v) is 0. The topological polar surface area (TPSA) is 241 Å². The van der Waals surface area contributed by atoms with Gasteiger partial charge in [0.25, 0.3) is 0 Å². The molecule has 0 saturated heterocycles. The number of hydrogen-bond acceptors (Lipinski definition) is 8. The van der Waals surface area contributed by atoms with Crippen molar-refractivity contribution < 1.29 is 89.6 Å². The van der Waals surface area contributed by atoms with Crippen LogP contribution in [0.1, 0.15) is 0 Å². The zero-order chi connectivity index (χ0) is 14.3. The summed E-state index contributed by atoms with van der Waals surface area (Å²) in [5.41, 5.74) is 0. The van der Waals surface area contributed by atoms with Gasteiger partial charge in [0.2, 0.25) is 24.6 Å². The normalized spacial score (nSPS) is 5.33. The summed E-state index contributed by atoms with van der Waals surface area (Å²) >= 11 is 0. The first-order valence-electron chi connectivity index (χ1n) is 2.53. The molecule has 0 saturated carbocycles. The molecule has 0 aromatic rings. The van der Waals surface area contributed by atoms with Gasteiger partial charge in [-0.1, -0.05) is 0 Å². The van der Waals surface area contributed by atoms with Crippen molar-refractivity contribution in [3.05, 3.63) is 0 Å². The van der Waals surface area contributed by atoms with E-state index in [4.69, 9.17) is 60.0 Å². The predicted molar refractivity (Wildman–Crippen MR) is 37.9 cm³/mol. The van der Waals surface area contributed by atoms with Crippen molar-refractivity contribution in [2.24, 2.45) is 0 Å². The first kappa shape index (κ1) is 36.0. The van der Waals surface area contributed by atoms with Gasteiger partial charge in [0.1, 0.15) is 0 Å². The average Bonchev–Trinajstić information content (AvgIpc) is 1.76. The fraction of sp³-hybridized carbons (Fsp3) is 0. The maximum absolute atomic E-state index is 8.44. The van der Waals surface area contributed by atoms with Gasteiger partial charge in [0, 0.05) is 0 Å². The minimum atomic E-state index is -2.08. The molecule has 96 valence electrons. The van der Waals surface area contributed by atoms with Gasteiger partial charge in [-0.3, -0.25) is 0 Å². The monoisotopic (exact) mass is 294 g/mol. The summed E-state index contributed by atoms with van der Waals surface area (Å²) in [5.74, 6) is 0. The van der Waals surface area contributed by atoms with Crippen LogP contribution in [0.15, 0.2) is 0 Å². The molecule has 0 aliphatic rings. The third-order valence-corrected chi connectivity index (χ3v) is 0. The van der Waals surface area contributed by atoms with Gasteiger partial charge >= 0.3 is 46.9 Å². The molecule has 14 heteroatoms. The molecule has 0 aromatic heterocycles. The Morgan fingerprint density at radius 2 is 0.556 bits per heavy atom. The molecule has 12 nitrogen and oxygen atoms in total. The Balaban J connectivity index is -0.0000000257. The molecule has 0 fully saturated rings. The maximum atomic E-state index is 8.44. The van der Waals surface area contributed by atoms with Crippen molar-refractivity contribution in [3.63, 3.8) is 0 Å². The summed E-state index contributed by atoms with van der Waals surface area (Å²) in [6.45, 7) is 0. The molecule has 0 bridgehead atoms. The van der Waals surface area contributed by atoms with Crippen LogP contribution in [0.4, 0.5) is 19.2 Å². The standard InChI is InChI=1S/4CH2O3.Al.Na/c4*2-1(3)4;;/h4*(H2,2,3,4);;/q;;;;+3;+1/p-4. The summed E-state index contributed by atoms with van der Waals surface area (Å²) in [4.78, 5) is 33.8. The van der Waals surface area contributed by atoms with Gasteiger partial charge in [-0.25, -0.2) is 0 Å². The molecule has 0 aliphatic heterocycles. The molecule has 0 spiro atoms. The van der Waals surface area contributed by atoms with E-state index in [0.717, 1.165) is 0 Å². The Bertz CT molecular complexity index is 164. The number of hydrogen-bond donors (Lipinski definition) is 4. The Hall–Kier alpha value is -1.39. The summed E-state index contributed by atoms with van der Waals surface area (Å²) in [7, 11) is 0. The van der Waals surface area contributed by atoms with Crippen LogP contribution in [0.5, 0.6) is 0 Å². The summed E-state index contributed by atoms with van der Waals surface area (Å²) in [6.07, 6.45) is -8.33. The fourth-order valence-electron chi connectivity index (χ4n) is 0. The molecule has 4 N–H and O–H groups in total. The van der Waals surface area contributed by atoms with E-state index in [2.05, 4.69) is 0 Å². The van der Waals surface area contributed by atoms with E-state index in [-0.39, 0.29) is 46.9 Å². The zero-order valence-corrected chi connectivity index (χ0v) is 11.8. The van der Waals surface area contributed by atoms with E-state index in [1.165, 1.54) is 0 Å². The van der Waals surface area contributed by atoms with Crippen molar-refractivity contribution in [2.75, 3.05) is 0 Å². The second kappa shape index (κ2) is 29.6. The van der Waals surface area contributed by atoms with Crippen molar-refractivity contribution in [2.45, 2.75) is 0 Å². The largest absolute Gasteiger partial charge is 3.00 e. The SMILES string of the molecule is O=C([O-])O.O=C([O-])O.O=C([O-])O.O=C([O-])O.[Al+3].[Na+]. The van der Waals surface area contributed by atoms with Gasteiger partial charge in [0.05, 0.1) is 0 Å². The van der Waals surface area contributed by atoms with Crippen LogP contribution >= 0.6 is 0 Å². The predicted octanol–water partition coefficient (Wildman–Crippen LogP) is -7.83. The molecule has 0 amide bonds. The van der Waals surface area contributed by atoms with Gasteiger partial charge in [-0.05, 0) is 0 Å². The molecule has 18 heavy (non-hydrogen) atoms. The van der Waals surface area contributed by atoms with Gasteiger partial charge in [0.15, 0.2) is 0 Å². The molecule has 0 aromatic carbocycles. The molecular formula is C4H4AlNaO12. The van der Waals surface area contributed by atoms with Crippen molar-refractivity contribution in [1.82, 2.24) is 0 Å². The van der Waals surface area contributed by atoms with Gasteiger partial charge < -0.3 is 60.0 Å². The Labute approximate surface area is 131 Å². The summed E-state index contributed by atoms with van der Waals surface area (Å²) < 4.78 is 0. The van der Waals surface area contributed by atoms with E-state index in [1.54, 1.807) is 0 Å². The minimum absolute atomic E-state index is 0. The second-order valence-corrected chi connectivity index (χ2v) is 1.06. The van der Waals surface area contributed by atoms with E-state index in [1.807, 2.05) is 0 Å². The quantitative estimate of drug-likeness (QED) is 0.304. The van der Waals surface area contributed by atoms with Crippen molar-refractivity contribution in [3.8, 4) is 0 Å². The van der Waals surface area contributed by atoms with Crippen LogP contribution in [-0.2, 0) is 0 Å². The smallest absolute Gasteiger partial charge is 0.565 e. The summed E-state index contributed by atoms with van der Waals surface area (Å²) in [6, 6.07) is 0. The Morgan fingerprint density at radius 3 is 0.556 bits per heavy atom. The third kappa shape index (κ3) is 1410. The van der Waals surface area contributed by atoms with E-state index >= 15 is 0 Å². The maximum Gasteiger partial charge on any atom is 3.00 e. The van der Waals surface area contributed by atoms with Gasteiger partial charge in [-0.15, -0.1) is 0 Å². The third-order valence-electron chi connectivity index (χ3n) is 0. The van der Waals surface area contributed by atoms with Crippen LogP contribution < -0.4 is 50.0 Å². The van der Waals surface area contributed by atoms with Crippen LogP contribution in [0.3, 0.4) is 0 Å². The molecule has 0 rings (SSSR count). The van der Waals surface area contributed by atoms with E-state index in [0.29, 0.717) is 0 Å². The van der Waals surface area contributed by atoms with Crippen molar-refractivity contribution in [1.29, 1.82) is 0 Å². The Morgan fingerprint density at radius 1 is 0.556 bits per heavy atom. The number of rotatable bonds is 0. The molecule has 0 aliphatic carbocycles. The average molecular weight is 294 g/mol. The number of carbonyl (C=O) groups is 4. The summed E-state index contributed by atoms with van der Waals surface area (Å²) in [5, 5.41) is 61.2. The van der Waals surface area contributed by atoms with Crippen LogP contribution in [0, 0.1) is 0 Å². The van der Waals surface area contributed by atoms with Crippen molar-refractivity contribution >= 4 is 42.0 Å². The molecule has 0 radical (unpaired) electrons. The van der Waals surface area contributed by atoms with E-state index < -0.39 is 24.6 Å². The van der Waals surface area contributed by atoms with Crippen LogP contribution in [0.2, 0.25) is 0 Å².